The van der Waals surface area contributed by atoms with Crippen LogP contribution < -0.4 is 14.9 Å². The van der Waals surface area contributed by atoms with Crippen molar-refractivity contribution in [2.75, 3.05) is 9.62 Å². The van der Waals surface area contributed by atoms with Gasteiger partial charge in [-0.2, -0.15) is 0 Å². The second-order valence-electron chi connectivity index (χ2n) is 9.09. The Bertz CT molecular complexity index is 1740. The first-order chi connectivity index (χ1) is 19.9. The van der Waals surface area contributed by atoms with Gasteiger partial charge in [0.05, 0.1) is 46.7 Å². The Morgan fingerprint density at radius 1 is 0.683 bits per heavy atom. The summed E-state index contributed by atoms with van der Waals surface area (Å²) in [5.74, 6) is -0.372. The van der Waals surface area contributed by atoms with E-state index in [9.17, 15) is 18.0 Å². The van der Waals surface area contributed by atoms with Gasteiger partial charge in [0.2, 0.25) is 0 Å². The van der Waals surface area contributed by atoms with Crippen LogP contribution in [0.4, 0.5) is 11.4 Å². The van der Waals surface area contributed by atoms with Crippen LogP contribution in [0.1, 0.15) is 32.0 Å². The van der Waals surface area contributed by atoms with Gasteiger partial charge < -0.3 is 15.1 Å². The molecule has 0 aliphatic rings. The quantitative estimate of drug-likeness (QED) is 0.221. The molecule has 0 saturated heterocycles. The number of carbonyl (C=O) groups is 2. The van der Waals surface area contributed by atoms with Crippen LogP contribution >= 0.6 is 0 Å². The van der Waals surface area contributed by atoms with Crippen LogP contribution in [0.5, 0.6) is 0 Å². The number of rotatable bonds is 10. The van der Waals surface area contributed by atoms with Gasteiger partial charge in [0.1, 0.15) is 5.76 Å². The predicted octanol–water partition coefficient (Wildman–Crippen LogP) is 5.86. The van der Waals surface area contributed by atoms with Crippen LogP contribution in [0, 0.1) is 0 Å². The number of para-hydroxylation sites is 2. The van der Waals surface area contributed by atoms with Crippen molar-refractivity contribution in [3.05, 3.63) is 150 Å². The normalized spacial score (nSPS) is 11.0. The summed E-state index contributed by atoms with van der Waals surface area (Å²) >= 11 is 0. The minimum Gasteiger partial charge on any atom is -0.467 e. The van der Waals surface area contributed by atoms with Crippen molar-refractivity contribution in [2.45, 2.75) is 18.0 Å². The summed E-state index contributed by atoms with van der Waals surface area (Å²) < 4.78 is 34.3. The highest BCUT2D eigenvalue weighted by atomic mass is 32.2. The van der Waals surface area contributed by atoms with E-state index in [2.05, 4.69) is 10.6 Å². The van der Waals surface area contributed by atoms with E-state index in [4.69, 9.17) is 4.42 Å². The van der Waals surface area contributed by atoms with E-state index in [1.165, 1.54) is 22.7 Å². The lowest BCUT2D eigenvalue weighted by molar-refractivity contribution is 0.0949. The Balaban J connectivity index is 1.47. The summed E-state index contributed by atoms with van der Waals surface area (Å²) in [5.41, 5.74) is 1.62. The molecule has 9 heteroatoms. The molecule has 5 rings (SSSR count). The summed E-state index contributed by atoms with van der Waals surface area (Å²) in [6, 6.07) is 33.8. The number of amides is 2. The molecule has 2 amide bonds. The zero-order chi connectivity index (χ0) is 28.7. The SMILES string of the molecule is O=C(NCc1ccco1)c1ccccc1NC(=O)c1ccccc1N(Cc1ccccc1)S(=O)(=O)c1ccccc1. The van der Waals surface area contributed by atoms with Crippen molar-refractivity contribution in [1.82, 2.24) is 5.32 Å². The van der Waals surface area contributed by atoms with Crippen molar-refractivity contribution in [1.29, 1.82) is 0 Å². The van der Waals surface area contributed by atoms with E-state index in [-0.39, 0.29) is 40.5 Å². The highest BCUT2D eigenvalue weighted by Crippen LogP contribution is 2.30. The lowest BCUT2D eigenvalue weighted by Gasteiger charge is -2.26. The van der Waals surface area contributed by atoms with Gasteiger partial charge in [-0.1, -0.05) is 72.8 Å². The number of hydrogen-bond acceptors (Lipinski definition) is 5. The molecule has 1 aromatic heterocycles. The smallest absolute Gasteiger partial charge is 0.264 e. The third-order valence-electron chi connectivity index (χ3n) is 6.34. The van der Waals surface area contributed by atoms with Crippen LogP contribution in [0.15, 0.2) is 137 Å². The van der Waals surface area contributed by atoms with Gasteiger partial charge in [-0.05, 0) is 54.1 Å². The van der Waals surface area contributed by atoms with E-state index >= 15 is 0 Å². The molecule has 0 saturated carbocycles. The maximum atomic E-state index is 13.9. The third-order valence-corrected chi connectivity index (χ3v) is 8.11. The van der Waals surface area contributed by atoms with E-state index in [0.717, 1.165) is 5.56 Å². The first kappa shape index (κ1) is 27.4. The maximum absolute atomic E-state index is 13.9. The van der Waals surface area contributed by atoms with E-state index < -0.39 is 21.8 Å². The third kappa shape index (κ3) is 6.37. The van der Waals surface area contributed by atoms with Gasteiger partial charge >= 0.3 is 0 Å². The molecule has 41 heavy (non-hydrogen) atoms. The molecule has 0 atom stereocenters. The van der Waals surface area contributed by atoms with Gasteiger partial charge in [-0.15, -0.1) is 0 Å². The van der Waals surface area contributed by atoms with Crippen LogP contribution in [-0.2, 0) is 23.1 Å². The largest absolute Gasteiger partial charge is 0.467 e. The van der Waals surface area contributed by atoms with Gasteiger partial charge in [0.25, 0.3) is 21.8 Å². The number of furan rings is 1. The van der Waals surface area contributed by atoms with Crippen LogP contribution in [0.2, 0.25) is 0 Å². The minimum absolute atomic E-state index is 0.00807. The van der Waals surface area contributed by atoms with Gasteiger partial charge in [0.15, 0.2) is 0 Å². The van der Waals surface area contributed by atoms with Crippen molar-refractivity contribution in [3.63, 3.8) is 0 Å². The van der Waals surface area contributed by atoms with Crippen LogP contribution in [-0.4, -0.2) is 20.2 Å². The number of hydrogen-bond donors (Lipinski definition) is 2. The summed E-state index contributed by atoms with van der Waals surface area (Å²) in [7, 11) is -4.05. The fourth-order valence-corrected chi connectivity index (χ4v) is 5.80. The van der Waals surface area contributed by atoms with Crippen molar-refractivity contribution >= 4 is 33.2 Å². The Hall–Kier alpha value is -5.15. The molecule has 5 aromatic rings. The molecular formula is C32H27N3O5S. The molecule has 0 fully saturated rings. The Labute approximate surface area is 238 Å². The fraction of sp³-hybridized carbons (Fsp3) is 0.0625. The number of anilines is 2. The predicted molar refractivity (Wildman–Crippen MR) is 157 cm³/mol. The average Bonchev–Trinajstić information content (AvgIpc) is 3.54. The van der Waals surface area contributed by atoms with E-state index in [1.807, 2.05) is 30.3 Å². The average molecular weight is 566 g/mol. The zero-order valence-electron chi connectivity index (χ0n) is 21.9. The topological polar surface area (TPSA) is 109 Å². The highest BCUT2D eigenvalue weighted by Gasteiger charge is 2.29. The van der Waals surface area contributed by atoms with Crippen molar-refractivity contribution in [2.24, 2.45) is 0 Å². The first-order valence-electron chi connectivity index (χ1n) is 12.9. The number of sulfonamides is 1. The molecule has 8 nitrogen and oxygen atoms in total. The van der Waals surface area contributed by atoms with Gasteiger partial charge in [0, 0.05) is 0 Å². The second-order valence-corrected chi connectivity index (χ2v) is 11.0. The summed E-state index contributed by atoms with van der Waals surface area (Å²) in [4.78, 5) is 26.8. The molecule has 2 N–H and O–H groups in total. The molecule has 206 valence electrons. The lowest BCUT2D eigenvalue weighted by atomic mass is 10.1. The molecular weight excluding hydrogens is 538 g/mol. The van der Waals surface area contributed by atoms with Crippen molar-refractivity contribution < 1.29 is 22.4 Å². The van der Waals surface area contributed by atoms with Crippen molar-refractivity contribution in [3.8, 4) is 0 Å². The number of benzene rings is 4. The standard InChI is InChI=1S/C32H27N3O5S/c36-31(33-22-25-14-11-21-40-25)27-17-7-9-19-29(27)34-32(37)28-18-8-10-20-30(28)35(23-24-12-3-1-4-13-24)41(38,39)26-15-5-2-6-16-26/h1-21H,22-23H2,(H,33,36)(H,34,37). The van der Waals surface area contributed by atoms with Crippen LogP contribution in [0.25, 0.3) is 0 Å². The summed E-state index contributed by atoms with van der Waals surface area (Å²) in [5, 5.41) is 5.58. The van der Waals surface area contributed by atoms with Gasteiger partial charge in [-0.3, -0.25) is 13.9 Å². The molecule has 0 spiro atoms. The van der Waals surface area contributed by atoms with E-state index in [1.54, 1.807) is 78.9 Å². The lowest BCUT2D eigenvalue weighted by Crippen LogP contribution is -2.32. The van der Waals surface area contributed by atoms with Gasteiger partial charge in [-0.25, -0.2) is 8.42 Å². The maximum Gasteiger partial charge on any atom is 0.264 e. The van der Waals surface area contributed by atoms with Crippen LogP contribution in [0.3, 0.4) is 0 Å². The Kier molecular flexibility index (Phi) is 8.26. The van der Waals surface area contributed by atoms with E-state index in [0.29, 0.717) is 5.76 Å². The monoisotopic (exact) mass is 565 g/mol. The number of carbonyl (C=O) groups excluding carboxylic acids is 2. The molecule has 0 bridgehead atoms. The highest BCUT2D eigenvalue weighted by molar-refractivity contribution is 7.92. The molecule has 4 aromatic carbocycles. The molecule has 0 unspecified atom stereocenters. The zero-order valence-corrected chi connectivity index (χ0v) is 22.8. The summed E-state index contributed by atoms with van der Waals surface area (Å²) in [6.07, 6.45) is 1.52. The first-order valence-corrected chi connectivity index (χ1v) is 14.3. The molecule has 0 radical (unpaired) electrons. The Morgan fingerprint density at radius 2 is 1.32 bits per heavy atom. The molecule has 0 aliphatic carbocycles. The number of nitrogens with one attached hydrogen (secondary N) is 2. The summed E-state index contributed by atoms with van der Waals surface area (Å²) in [6.45, 7) is 0.191. The second kappa shape index (κ2) is 12.4. The molecule has 1 heterocycles. The Morgan fingerprint density at radius 3 is 2.02 bits per heavy atom. The minimum atomic E-state index is -4.05. The molecule has 0 aliphatic heterocycles. The fourth-order valence-electron chi connectivity index (χ4n) is 4.31. The number of nitrogens with zero attached hydrogens (tertiary/aromatic N) is 1.